The molecule has 0 heterocycles. The van der Waals surface area contributed by atoms with Crippen LogP contribution in [0.5, 0.6) is 0 Å². The van der Waals surface area contributed by atoms with Crippen LogP contribution in [0.4, 0.5) is 0 Å². The molecule has 0 atom stereocenters. The number of thiocarbonyl (C=S) groups is 1. The molecule has 0 amide bonds. The fourth-order valence-corrected chi connectivity index (χ4v) is 0. The van der Waals surface area contributed by atoms with Crippen LogP contribution in [-0.4, -0.2) is 8.53 Å². The molecular weight excluding hydrogens is 234 g/mol. The molecule has 0 aromatic rings. The summed E-state index contributed by atoms with van der Waals surface area (Å²) in [7, 11) is 0.510. The van der Waals surface area contributed by atoms with Crippen molar-refractivity contribution in [1.82, 2.24) is 0 Å². The molecule has 0 spiro atoms. The monoisotopic (exact) mass is 239 g/mol. The van der Waals surface area contributed by atoms with Crippen LogP contribution in [0.1, 0.15) is 0 Å². The second-order valence-corrected chi connectivity index (χ2v) is 2.77. The normalized spacial score (nSPS) is 5.29. The molecule has 2 N–H and O–H groups in total. The molecule has 0 bridgehead atoms. The summed E-state index contributed by atoms with van der Waals surface area (Å²) in [6.45, 7) is 0. The van der Waals surface area contributed by atoms with E-state index in [2.05, 4.69) is 24.8 Å². The number of rotatable bonds is 0. The second-order valence-electron chi connectivity index (χ2n) is 0.406. The van der Waals surface area contributed by atoms with Gasteiger partial charge in [-0.1, -0.05) is 12.2 Å². The molecule has 0 aromatic carbocycles. The van der Waals surface area contributed by atoms with Crippen LogP contribution in [0.25, 0.3) is 0 Å². The molecule has 0 aromatic heterocycles. The zero-order valence-corrected chi connectivity index (χ0v) is 7.69. The van der Waals surface area contributed by atoms with Crippen LogP contribution >= 0.6 is 24.8 Å². The molecule has 0 fully saturated rings. The van der Waals surface area contributed by atoms with Crippen molar-refractivity contribution in [3.05, 3.63) is 0 Å². The Morgan fingerprint density at radius 1 is 2.00 bits per heavy atom. The van der Waals surface area contributed by atoms with Gasteiger partial charge in [-0.2, -0.15) is 0 Å². The van der Waals surface area contributed by atoms with Crippen LogP contribution < -0.4 is 5.73 Å². The third kappa shape index (κ3) is 189. The minimum absolute atomic E-state index is 0.194. The summed E-state index contributed by atoms with van der Waals surface area (Å²) in [5, 5.41) is 0. The predicted molar refractivity (Wildman–Crippen MR) is 33.9 cm³/mol. The summed E-state index contributed by atoms with van der Waals surface area (Å²) in [5.41, 5.74) is 4.71. The Bertz CT molecular complexity index is 82.9. The number of hydrogen-bond acceptors (Lipinski definition) is 2. The van der Waals surface area contributed by atoms with Crippen molar-refractivity contribution in [2.24, 2.45) is 5.73 Å². The number of thiol groups is 1. The summed E-state index contributed by atoms with van der Waals surface area (Å²) < 4.78 is 9.05. The van der Waals surface area contributed by atoms with Gasteiger partial charge in [-0.15, -0.1) is 12.6 Å². The zero-order valence-electron chi connectivity index (χ0n) is 3.16. The molecule has 42 valence electrons. The predicted octanol–water partition coefficient (Wildman–Crippen LogP) is -0.179. The van der Waals surface area contributed by atoms with Gasteiger partial charge < -0.3 is 5.73 Å². The Morgan fingerprint density at radius 2 is 2.00 bits per heavy atom. The standard InChI is InChI=1S/CH3NS2.Mo.OS/c2-1(3)4;;1-2/h(H3,2,3,4);;. The fraction of sp³-hybridized carbons (Fsp3) is 0. The summed E-state index contributed by atoms with van der Waals surface area (Å²) in [5.74, 6) is 0. The molecule has 0 radical (unpaired) electrons. The third-order valence-corrected chi connectivity index (χ3v) is 0. The maximum atomic E-state index is 8.85. The van der Waals surface area contributed by atoms with Gasteiger partial charge in [0.1, 0.15) is 4.32 Å². The van der Waals surface area contributed by atoms with Crippen molar-refractivity contribution >= 4 is 38.0 Å². The molecule has 0 aliphatic rings. The molecule has 2 nitrogen and oxygen atoms in total. The first-order chi connectivity index (χ1) is 3.15. The average Bonchev–Trinajstić information content (AvgIpc) is 1.33. The van der Waals surface area contributed by atoms with Gasteiger partial charge in [0.2, 0.25) is 0 Å². The average molecular weight is 237 g/mol. The van der Waals surface area contributed by atoms with E-state index < -0.39 is 0 Å². The van der Waals surface area contributed by atoms with E-state index in [1.54, 1.807) is 0 Å². The van der Waals surface area contributed by atoms with E-state index in [-0.39, 0.29) is 4.32 Å². The molecule has 0 rings (SSSR count). The Balaban J connectivity index is 0. The quantitative estimate of drug-likeness (QED) is 0.349. The molecule has 0 saturated heterocycles. The molecule has 0 aliphatic heterocycles. The Labute approximate surface area is 65.7 Å². The van der Waals surface area contributed by atoms with Crippen LogP contribution in [0.3, 0.4) is 0 Å². The van der Waals surface area contributed by atoms with E-state index in [0.29, 0.717) is 8.86 Å². The minimum atomic E-state index is 0.194. The molecule has 0 aliphatic carbocycles. The number of nitrogens with two attached hydrogens (primary N) is 1. The van der Waals surface area contributed by atoms with Gasteiger partial charge >= 0.3 is 31.1 Å². The van der Waals surface area contributed by atoms with E-state index in [1.807, 2.05) is 0 Å². The summed E-state index contributed by atoms with van der Waals surface area (Å²) >= 11 is 9.09. The van der Waals surface area contributed by atoms with Crippen molar-refractivity contribution in [3.8, 4) is 0 Å². The van der Waals surface area contributed by atoms with Crippen molar-refractivity contribution in [1.29, 1.82) is 0 Å². The SMILES string of the molecule is NC(=S)S.O=[S]=[Mo]. The first-order valence-electron chi connectivity index (χ1n) is 1.05. The second kappa shape index (κ2) is 10.0. The summed E-state index contributed by atoms with van der Waals surface area (Å²) in [6.07, 6.45) is 0. The Kier molecular flexibility index (Phi) is 15.6. The van der Waals surface area contributed by atoms with Crippen LogP contribution in [0.2, 0.25) is 0 Å². The van der Waals surface area contributed by atoms with Gasteiger partial charge in [0, 0.05) is 0 Å². The topological polar surface area (TPSA) is 43.1 Å². The summed E-state index contributed by atoms with van der Waals surface area (Å²) in [6, 6.07) is 0. The molecule has 6 heteroatoms. The van der Waals surface area contributed by atoms with Crippen LogP contribution in [-0.2, 0) is 26.9 Å². The van der Waals surface area contributed by atoms with E-state index >= 15 is 0 Å². The molecule has 0 unspecified atom stereocenters. The van der Waals surface area contributed by atoms with Gasteiger partial charge in [0.15, 0.2) is 0 Å². The molecule has 0 saturated carbocycles. The van der Waals surface area contributed by atoms with E-state index in [9.17, 15) is 0 Å². The van der Waals surface area contributed by atoms with Gasteiger partial charge in [-0.05, 0) is 0 Å². The van der Waals surface area contributed by atoms with Gasteiger partial charge in [0.05, 0.1) is 0 Å². The van der Waals surface area contributed by atoms with Crippen molar-refractivity contribution in [2.45, 2.75) is 0 Å². The Morgan fingerprint density at radius 3 is 2.00 bits per heavy atom. The first-order valence-corrected chi connectivity index (χ1v) is 5.03. The van der Waals surface area contributed by atoms with E-state index in [1.165, 1.54) is 18.0 Å². The zero-order chi connectivity index (χ0) is 6.28. The van der Waals surface area contributed by atoms with E-state index in [0.717, 1.165) is 0 Å². The molecule has 7 heavy (non-hydrogen) atoms. The van der Waals surface area contributed by atoms with E-state index in [4.69, 9.17) is 9.94 Å². The van der Waals surface area contributed by atoms with Crippen molar-refractivity contribution in [2.75, 3.05) is 0 Å². The summed E-state index contributed by atoms with van der Waals surface area (Å²) in [4.78, 5) is 0. The van der Waals surface area contributed by atoms with Crippen LogP contribution in [0.15, 0.2) is 0 Å². The van der Waals surface area contributed by atoms with Crippen molar-refractivity contribution < 1.29 is 22.2 Å². The van der Waals surface area contributed by atoms with Gasteiger partial charge in [-0.3, -0.25) is 0 Å². The molecular formula is CH3MoNOS3. The van der Waals surface area contributed by atoms with Gasteiger partial charge in [0.25, 0.3) is 0 Å². The van der Waals surface area contributed by atoms with Gasteiger partial charge in [-0.25, -0.2) is 0 Å². The third-order valence-electron chi connectivity index (χ3n) is 0. The van der Waals surface area contributed by atoms with Crippen LogP contribution in [0, 0.1) is 0 Å². The maximum absolute atomic E-state index is 8.85. The first kappa shape index (κ1) is 10.8. The van der Waals surface area contributed by atoms with Crippen molar-refractivity contribution in [3.63, 3.8) is 0 Å². The Hall–Kier alpha value is 0.948. The number of hydrogen-bond donors (Lipinski definition) is 2. The fourth-order valence-electron chi connectivity index (χ4n) is 0.